The standard InChI is InChI=1S/C10H9N3O3/c14-9-2-1-7(5-16-9)10(15)12-4-8-3-11-6-13-8/h1-3,5-6H,4H2,(H,11,13)(H,12,15). The number of hydrogen-bond donors (Lipinski definition) is 2. The lowest BCUT2D eigenvalue weighted by Gasteiger charge is -2.01. The Morgan fingerprint density at radius 1 is 1.50 bits per heavy atom. The molecule has 2 aromatic heterocycles. The van der Waals surface area contributed by atoms with Crippen LogP contribution < -0.4 is 10.9 Å². The zero-order valence-corrected chi connectivity index (χ0v) is 8.27. The van der Waals surface area contributed by atoms with Crippen molar-refractivity contribution < 1.29 is 9.21 Å². The highest BCUT2D eigenvalue weighted by molar-refractivity contribution is 5.93. The monoisotopic (exact) mass is 219 g/mol. The number of nitrogens with zero attached hydrogens (tertiary/aromatic N) is 1. The molecule has 0 unspecified atom stereocenters. The lowest BCUT2D eigenvalue weighted by atomic mass is 10.3. The summed E-state index contributed by atoms with van der Waals surface area (Å²) in [5.74, 6) is -0.307. The summed E-state index contributed by atoms with van der Waals surface area (Å²) in [7, 11) is 0. The SMILES string of the molecule is O=C(NCc1cnc[nH]1)c1ccc(=O)oc1. The zero-order valence-electron chi connectivity index (χ0n) is 8.27. The summed E-state index contributed by atoms with van der Waals surface area (Å²) in [6.07, 6.45) is 4.28. The van der Waals surface area contributed by atoms with Crippen LogP contribution in [-0.2, 0) is 6.54 Å². The smallest absolute Gasteiger partial charge is 0.335 e. The van der Waals surface area contributed by atoms with Crippen molar-refractivity contribution in [3.05, 3.63) is 52.6 Å². The van der Waals surface area contributed by atoms with Crippen LogP contribution in [0.15, 0.2) is 40.1 Å². The van der Waals surface area contributed by atoms with Gasteiger partial charge in [-0.15, -0.1) is 0 Å². The van der Waals surface area contributed by atoms with E-state index < -0.39 is 5.63 Å². The molecular weight excluding hydrogens is 210 g/mol. The molecule has 2 N–H and O–H groups in total. The number of amides is 1. The Kier molecular flexibility index (Phi) is 2.81. The summed E-state index contributed by atoms with van der Waals surface area (Å²) in [6, 6.07) is 2.61. The Labute approximate surface area is 90.3 Å². The van der Waals surface area contributed by atoms with Crippen molar-refractivity contribution in [1.29, 1.82) is 0 Å². The van der Waals surface area contributed by atoms with E-state index in [1.807, 2.05) is 0 Å². The van der Waals surface area contributed by atoms with Crippen LogP contribution in [0.4, 0.5) is 0 Å². The number of imidazole rings is 1. The fourth-order valence-electron chi connectivity index (χ4n) is 1.15. The van der Waals surface area contributed by atoms with Gasteiger partial charge in [0.1, 0.15) is 6.26 Å². The van der Waals surface area contributed by atoms with Crippen molar-refractivity contribution >= 4 is 5.91 Å². The molecule has 0 spiro atoms. The van der Waals surface area contributed by atoms with Gasteiger partial charge < -0.3 is 14.7 Å². The molecular formula is C10H9N3O3. The molecule has 6 heteroatoms. The fraction of sp³-hybridized carbons (Fsp3) is 0.100. The average molecular weight is 219 g/mol. The molecule has 0 fully saturated rings. The number of nitrogens with one attached hydrogen (secondary N) is 2. The predicted octanol–water partition coefficient (Wildman–Crippen LogP) is 0.293. The van der Waals surface area contributed by atoms with Crippen LogP contribution in [0.2, 0.25) is 0 Å². The Hall–Kier alpha value is -2.37. The molecule has 0 aliphatic heterocycles. The zero-order chi connectivity index (χ0) is 11.4. The minimum atomic E-state index is -0.481. The van der Waals surface area contributed by atoms with Crippen molar-refractivity contribution in [2.45, 2.75) is 6.54 Å². The minimum absolute atomic E-state index is 0.305. The first kappa shape index (κ1) is 10.2. The maximum atomic E-state index is 11.5. The highest BCUT2D eigenvalue weighted by Gasteiger charge is 2.05. The third-order valence-electron chi connectivity index (χ3n) is 1.96. The van der Waals surface area contributed by atoms with E-state index in [1.165, 1.54) is 18.5 Å². The highest BCUT2D eigenvalue weighted by atomic mass is 16.4. The minimum Gasteiger partial charge on any atom is -0.430 e. The first-order chi connectivity index (χ1) is 7.75. The lowest BCUT2D eigenvalue weighted by molar-refractivity contribution is 0.0948. The number of aromatic amines is 1. The largest absolute Gasteiger partial charge is 0.430 e. The second kappa shape index (κ2) is 4.43. The van der Waals surface area contributed by atoms with Crippen molar-refractivity contribution in [3.63, 3.8) is 0 Å². The third-order valence-corrected chi connectivity index (χ3v) is 1.96. The first-order valence-electron chi connectivity index (χ1n) is 4.60. The van der Waals surface area contributed by atoms with Crippen LogP contribution in [0.3, 0.4) is 0 Å². The van der Waals surface area contributed by atoms with E-state index in [1.54, 1.807) is 6.20 Å². The van der Waals surface area contributed by atoms with Crippen LogP contribution in [0.1, 0.15) is 16.1 Å². The van der Waals surface area contributed by atoms with E-state index in [-0.39, 0.29) is 5.91 Å². The lowest BCUT2D eigenvalue weighted by Crippen LogP contribution is -2.23. The molecule has 0 saturated carbocycles. The van der Waals surface area contributed by atoms with Crippen LogP contribution in [0.5, 0.6) is 0 Å². The summed E-state index contributed by atoms with van der Waals surface area (Å²) in [6.45, 7) is 0.345. The number of aromatic nitrogens is 2. The summed E-state index contributed by atoms with van der Waals surface area (Å²) in [5, 5.41) is 2.65. The van der Waals surface area contributed by atoms with Gasteiger partial charge in [-0.3, -0.25) is 4.79 Å². The molecule has 0 aliphatic rings. The predicted molar refractivity (Wildman–Crippen MR) is 54.7 cm³/mol. The van der Waals surface area contributed by atoms with Gasteiger partial charge >= 0.3 is 5.63 Å². The molecule has 1 amide bonds. The Balaban J connectivity index is 1.98. The van der Waals surface area contributed by atoms with Gasteiger partial charge in [-0.1, -0.05) is 0 Å². The number of carbonyl (C=O) groups excluding carboxylic acids is 1. The van der Waals surface area contributed by atoms with Crippen LogP contribution in [0.25, 0.3) is 0 Å². The summed E-state index contributed by atoms with van der Waals surface area (Å²) in [4.78, 5) is 28.9. The molecule has 6 nitrogen and oxygen atoms in total. The van der Waals surface area contributed by atoms with Gasteiger partial charge in [0.15, 0.2) is 0 Å². The molecule has 0 bridgehead atoms. The summed E-state index contributed by atoms with van der Waals surface area (Å²) < 4.78 is 4.58. The van der Waals surface area contributed by atoms with E-state index in [2.05, 4.69) is 19.7 Å². The number of carbonyl (C=O) groups is 1. The first-order valence-corrected chi connectivity index (χ1v) is 4.60. The molecule has 2 aromatic rings. The van der Waals surface area contributed by atoms with Gasteiger partial charge in [0.05, 0.1) is 24.1 Å². The fourth-order valence-corrected chi connectivity index (χ4v) is 1.15. The van der Waals surface area contributed by atoms with Gasteiger partial charge in [0.2, 0.25) is 0 Å². The average Bonchev–Trinajstić information content (AvgIpc) is 2.80. The normalized spacial score (nSPS) is 10.0. The van der Waals surface area contributed by atoms with E-state index in [0.717, 1.165) is 12.0 Å². The van der Waals surface area contributed by atoms with Crippen molar-refractivity contribution in [2.24, 2.45) is 0 Å². The number of rotatable bonds is 3. The van der Waals surface area contributed by atoms with Crippen LogP contribution >= 0.6 is 0 Å². The van der Waals surface area contributed by atoms with Gasteiger partial charge in [-0.25, -0.2) is 9.78 Å². The quantitative estimate of drug-likeness (QED) is 0.776. The molecule has 2 heterocycles. The van der Waals surface area contributed by atoms with Gasteiger partial charge in [-0.2, -0.15) is 0 Å². The maximum Gasteiger partial charge on any atom is 0.335 e. The second-order valence-corrected chi connectivity index (χ2v) is 3.10. The Morgan fingerprint density at radius 2 is 2.38 bits per heavy atom. The molecule has 16 heavy (non-hydrogen) atoms. The Bertz CT molecular complexity index is 510. The molecule has 0 aliphatic carbocycles. The van der Waals surface area contributed by atoms with Gasteiger partial charge in [0, 0.05) is 12.3 Å². The van der Waals surface area contributed by atoms with Crippen molar-refractivity contribution in [2.75, 3.05) is 0 Å². The van der Waals surface area contributed by atoms with Crippen LogP contribution in [-0.4, -0.2) is 15.9 Å². The number of hydrogen-bond acceptors (Lipinski definition) is 4. The molecule has 0 saturated heterocycles. The summed E-state index contributed by atoms with van der Waals surface area (Å²) >= 11 is 0. The van der Waals surface area contributed by atoms with Crippen molar-refractivity contribution in [1.82, 2.24) is 15.3 Å². The Morgan fingerprint density at radius 3 is 3.00 bits per heavy atom. The van der Waals surface area contributed by atoms with Crippen molar-refractivity contribution in [3.8, 4) is 0 Å². The highest BCUT2D eigenvalue weighted by Crippen LogP contribution is 1.96. The topological polar surface area (TPSA) is 88.0 Å². The van der Waals surface area contributed by atoms with Crippen LogP contribution in [0, 0.1) is 0 Å². The molecule has 82 valence electrons. The molecule has 0 radical (unpaired) electrons. The van der Waals surface area contributed by atoms with Gasteiger partial charge in [0.25, 0.3) is 5.91 Å². The summed E-state index contributed by atoms with van der Waals surface area (Å²) in [5.41, 5.74) is 0.620. The van der Waals surface area contributed by atoms with Gasteiger partial charge in [-0.05, 0) is 6.07 Å². The molecule has 2 rings (SSSR count). The third kappa shape index (κ3) is 2.35. The van der Waals surface area contributed by atoms with E-state index in [4.69, 9.17) is 0 Å². The van der Waals surface area contributed by atoms with E-state index in [0.29, 0.717) is 12.1 Å². The second-order valence-electron chi connectivity index (χ2n) is 3.10. The maximum absolute atomic E-state index is 11.5. The molecule has 0 aromatic carbocycles. The van der Waals surface area contributed by atoms with E-state index >= 15 is 0 Å². The molecule has 0 atom stereocenters. The number of H-pyrrole nitrogens is 1. The van der Waals surface area contributed by atoms with E-state index in [9.17, 15) is 9.59 Å².